The van der Waals surface area contributed by atoms with Gasteiger partial charge in [-0.25, -0.2) is 4.98 Å². The maximum absolute atomic E-state index is 6.10. The van der Waals surface area contributed by atoms with Crippen LogP contribution in [0.1, 0.15) is 26.2 Å². The van der Waals surface area contributed by atoms with Crippen molar-refractivity contribution in [1.29, 1.82) is 0 Å². The second-order valence-electron chi connectivity index (χ2n) is 4.13. The Balaban J connectivity index is 1.95. The normalized spacial score (nSPS) is 33.1. The molecule has 78 valence electrons. The van der Waals surface area contributed by atoms with E-state index in [2.05, 4.69) is 16.9 Å². The molecular formula is C10H17N3S. The van der Waals surface area contributed by atoms with Crippen LogP contribution >= 0.6 is 11.8 Å². The highest BCUT2D eigenvalue weighted by atomic mass is 32.2. The lowest BCUT2D eigenvalue weighted by Gasteiger charge is -2.31. The quantitative estimate of drug-likeness (QED) is 0.787. The molecule has 3 nitrogen and oxygen atoms in total. The van der Waals surface area contributed by atoms with Crippen molar-refractivity contribution in [3.05, 3.63) is 12.4 Å². The lowest BCUT2D eigenvalue weighted by molar-refractivity contribution is 0.357. The predicted octanol–water partition coefficient (Wildman–Crippen LogP) is 2.02. The minimum atomic E-state index is 0.335. The zero-order valence-corrected chi connectivity index (χ0v) is 9.26. The molecule has 3 atom stereocenters. The van der Waals surface area contributed by atoms with Gasteiger partial charge < -0.3 is 10.7 Å². The first-order chi connectivity index (χ1) is 6.75. The number of H-pyrrole nitrogens is 1. The largest absolute Gasteiger partial charge is 0.340 e. The molecule has 1 aliphatic rings. The van der Waals surface area contributed by atoms with E-state index in [4.69, 9.17) is 5.73 Å². The van der Waals surface area contributed by atoms with E-state index in [1.165, 1.54) is 12.8 Å². The van der Waals surface area contributed by atoms with Gasteiger partial charge in [-0.1, -0.05) is 18.7 Å². The third-order valence-electron chi connectivity index (χ3n) is 2.84. The second kappa shape index (κ2) is 4.36. The smallest absolute Gasteiger partial charge is 0.165 e. The lowest BCUT2D eigenvalue weighted by atomic mass is 9.87. The van der Waals surface area contributed by atoms with Crippen LogP contribution in [0.4, 0.5) is 0 Å². The number of hydrogen-bond donors (Lipinski definition) is 2. The topological polar surface area (TPSA) is 54.7 Å². The summed E-state index contributed by atoms with van der Waals surface area (Å²) in [6.07, 6.45) is 7.29. The molecule has 0 aliphatic heterocycles. The summed E-state index contributed by atoms with van der Waals surface area (Å²) in [6, 6.07) is 0.335. The molecule has 0 spiro atoms. The van der Waals surface area contributed by atoms with Crippen LogP contribution in [0.5, 0.6) is 0 Å². The fraction of sp³-hybridized carbons (Fsp3) is 0.700. The maximum atomic E-state index is 6.10. The Morgan fingerprint density at radius 3 is 3.14 bits per heavy atom. The summed E-state index contributed by atoms with van der Waals surface area (Å²) in [7, 11) is 0. The van der Waals surface area contributed by atoms with Gasteiger partial charge in [0.15, 0.2) is 5.16 Å². The molecule has 1 aromatic heterocycles. The van der Waals surface area contributed by atoms with E-state index >= 15 is 0 Å². The molecule has 0 amide bonds. The molecule has 1 aromatic rings. The number of aromatic nitrogens is 2. The monoisotopic (exact) mass is 211 g/mol. The van der Waals surface area contributed by atoms with Crippen molar-refractivity contribution in [3.8, 4) is 0 Å². The molecule has 2 rings (SSSR count). The molecule has 3 unspecified atom stereocenters. The van der Waals surface area contributed by atoms with Crippen molar-refractivity contribution < 1.29 is 0 Å². The minimum absolute atomic E-state index is 0.335. The van der Waals surface area contributed by atoms with Crippen LogP contribution in [0.15, 0.2) is 17.6 Å². The molecule has 4 heteroatoms. The van der Waals surface area contributed by atoms with E-state index in [0.717, 1.165) is 17.5 Å². The summed E-state index contributed by atoms with van der Waals surface area (Å²) in [5, 5.41) is 1.53. The van der Waals surface area contributed by atoms with E-state index in [1.807, 2.05) is 6.20 Å². The summed E-state index contributed by atoms with van der Waals surface area (Å²) in [5.74, 6) is 0.808. The first-order valence-electron chi connectivity index (χ1n) is 5.17. The molecular weight excluding hydrogens is 194 g/mol. The summed E-state index contributed by atoms with van der Waals surface area (Å²) in [5.41, 5.74) is 6.10. The van der Waals surface area contributed by atoms with E-state index in [1.54, 1.807) is 18.0 Å². The molecule has 0 radical (unpaired) electrons. The van der Waals surface area contributed by atoms with Gasteiger partial charge in [-0.05, 0) is 25.2 Å². The SMILES string of the molecule is CC1CCC(N)C(Sc2ncc[nH]2)C1. The zero-order chi connectivity index (χ0) is 9.97. The van der Waals surface area contributed by atoms with Gasteiger partial charge >= 0.3 is 0 Å². The number of nitrogens with zero attached hydrogens (tertiary/aromatic N) is 1. The van der Waals surface area contributed by atoms with Crippen LogP contribution in [0.25, 0.3) is 0 Å². The molecule has 1 aliphatic carbocycles. The molecule has 14 heavy (non-hydrogen) atoms. The maximum Gasteiger partial charge on any atom is 0.165 e. The lowest BCUT2D eigenvalue weighted by Crippen LogP contribution is -2.37. The highest BCUT2D eigenvalue weighted by Gasteiger charge is 2.27. The molecule has 3 N–H and O–H groups in total. The fourth-order valence-corrected chi connectivity index (χ4v) is 3.23. The number of nitrogens with one attached hydrogen (secondary N) is 1. The van der Waals surface area contributed by atoms with Crippen molar-refractivity contribution in [1.82, 2.24) is 9.97 Å². The summed E-state index contributed by atoms with van der Waals surface area (Å²) >= 11 is 1.79. The Hall–Kier alpha value is -0.480. The van der Waals surface area contributed by atoms with Crippen molar-refractivity contribution in [3.63, 3.8) is 0 Å². The Bertz CT molecular complexity index is 273. The summed E-state index contributed by atoms with van der Waals surface area (Å²) in [6.45, 7) is 2.31. The van der Waals surface area contributed by atoms with Crippen LogP contribution < -0.4 is 5.73 Å². The number of aromatic amines is 1. The second-order valence-corrected chi connectivity index (χ2v) is 5.36. The average molecular weight is 211 g/mol. The van der Waals surface area contributed by atoms with Crippen molar-refractivity contribution >= 4 is 11.8 Å². The van der Waals surface area contributed by atoms with Crippen LogP contribution in [-0.2, 0) is 0 Å². The predicted molar refractivity (Wildman–Crippen MR) is 59.2 cm³/mol. The van der Waals surface area contributed by atoms with Gasteiger partial charge in [0, 0.05) is 23.7 Å². The first-order valence-corrected chi connectivity index (χ1v) is 6.05. The van der Waals surface area contributed by atoms with Crippen molar-refractivity contribution in [2.24, 2.45) is 11.7 Å². The number of nitrogens with two attached hydrogens (primary N) is 1. The first kappa shape index (κ1) is 10.1. The molecule has 0 saturated heterocycles. The molecule has 0 aromatic carbocycles. The Labute approximate surface area is 88.9 Å². The van der Waals surface area contributed by atoms with Gasteiger partial charge in [-0.3, -0.25) is 0 Å². The van der Waals surface area contributed by atoms with E-state index in [0.29, 0.717) is 11.3 Å². The Morgan fingerprint density at radius 2 is 2.43 bits per heavy atom. The average Bonchev–Trinajstić information content (AvgIpc) is 2.64. The van der Waals surface area contributed by atoms with E-state index in [-0.39, 0.29) is 0 Å². The van der Waals surface area contributed by atoms with Gasteiger partial charge in [0.1, 0.15) is 0 Å². The van der Waals surface area contributed by atoms with Crippen LogP contribution in [0.2, 0.25) is 0 Å². The number of thioether (sulfide) groups is 1. The third kappa shape index (κ3) is 2.30. The minimum Gasteiger partial charge on any atom is -0.340 e. The van der Waals surface area contributed by atoms with Crippen LogP contribution in [-0.4, -0.2) is 21.3 Å². The number of rotatable bonds is 2. The highest BCUT2D eigenvalue weighted by Crippen LogP contribution is 2.33. The van der Waals surface area contributed by atoms with Gasteiger partial charge in [0.2, 0.25) is 0 Å². The summed E-state index contributed by atoms with van der Waals surface area (Å²) in [4.78, 5) is 7.34. The van der Waals surface area contributed by atoms with Crippen molar-refractivity contribution in [2.75, 3.05) is 0 Å². The zero-order valence-electron chi connectivity index (χ0n) is 8.44. The van der Waals surface area contributed by atoms with Gasteiger partial charge in [0.25, 0.3) is 0 Å². The van der Waals surface area contributed by atoms with Crippen LogP contribution in [0.3, 0.4) is 0 Å². The molecule has 0 bridgehead atoms. The Morgan fingerprint density at radius 1 is 1.57 bits per heavy atom. The van der Waals surface area contributed by atoms with Gasteiger partial charge in [-0.2, -0.15) is 0 Å². The number of hydrogen-bond acceptors (Lipinski definition) is 3. The molecule has 1 fully saturated rings. The third-order valence-corrected chi connectivity index (χ3v) is 4.13. The van der Waals surface area contributed by atoms with Crippen molar-refractivity contribution in [2.45, 2.75) is 42.6 Å². The standard InChI is InChI=1S/C10H17N3S/c1-7-2-3-8(11)9(6-7)14-10-12-4-5-13-10/h4-5,7-9H,2-3,6,11H2,1H3,(H,12,13). The van der Waals surface area contributed by atoms with Gasteiger partial charge in [-0.15, -0.1) is 0 Å². The molecule has 1 saturated carbocycles. The summed E-state index contributed by atoms with van der Waals surface area (Å²) < 4.78 is 0. The number of imidazole rings is 1. The van der Waals surface area contributed by atoms with E-state index in [9.17, 15) is 0 Å². The fourth-order valence-electron chi connectivity index (χ4n) is 1.95. The van der Waals surface area contributed by atoms with Crippen LogP contribution in [0, 0.1) is 5.92 Å². The van der Waals surface area contributed by atoms with Gasteiger partial charge in [0.05, 0.1) is 0 Å². The van der Waals surface area contributed by atoms with E-state index < -0.39 is 0 Å². The highest BCUT2D eigenvalue weighted by molar-refractivity contribution is 7.99. The molecule has 1 heterocycles. The Kier molecular flexibility index (Phi) is 3.13.